The number of hydrogen-bond donors (Lipinski definition) is 2. The lowest BCUT2D eigenvalue weighted by Crippen LogP contribution is -2.35. The van der Waals surface area contributed by atoms with Gasteiger partial charge in [-0.05, 0) is 11.1 Å². The van der Waals surface area contributed by atoms with Crippen molar-refractivity contribution in [2.24, 2.45) is 0 Å². The molecule has 0 saturated carbocycles. The maximum absolute atomic E-state index is 11.6. The smallest absolute Gasteiger partial charge is 0.315 e. The summed E-state index contributed by atoms with van der Waals surface area (Å²) in [6.45, 7) is 5.17. The van der Waals surface area contributed by atoms with Crippen LogP contribution in [0, 0.1) is 0 Å². The summed E-state index contributed by atoms with van der Waals surface area (Å²) in [4.78, 5) is 15.5. The lowest BCUT2D eigenvalue weighted by molar-refractivity contribution is 0.241. The number of nitrogens with one attached hydrogen (secondary N) is 2. The van der Waals surface area contributed by atoms with Gasteiger partial charge in [-0.15, -0.1) is 0 Å². The highest BCUT2D eigenvalue weighted by Gasteiger charge is 2.02. The molecule has 0 aliphatic carbocycles. The van der Waals surface area contributed by atoms with Gasteiger partial charge in [0.25, 0.3) is 0 Å². The summed E-state index contributed by atoms with van der Waals surface area (Å²) in [6.07, 6.45) is 3.18. The summed E-state index contributed by atoms with van der Waals surface area (Å²) < 4.78 is 2.48. The highest BCUT2D eigenvalue weighted by molar-refractivity contribution is 9.11. The van der Waals surface area contributed by atoms with Crippen LogP contribution < -0.4 is 10.6 Å². The minimum Gasteiger partial charge on any atom is -0.334 e. The van der Waals surface area contributed by atoms with E-state index in [1.807, 2.05) is 24.3 Å². The molecular formula is C14H16BrN5O. The van der Waals surface area contributed by atoms with E-state index in [1.165, 1.54) is 6.33 Å². The average molecular weight is 350 g/mol. The first-order valence-electron chi connectivity index (χ1n) is 6.38. The van der Waals surface area contributed by atoms with Gasteiger partial charge in [0, 0.05) is 11.0 Å². The van der Waals surface area contributed by atoms with Crippen LogP contribution in [0.4, 0.5) is 4.79 Å². The van der Waals surface area contributed by atoms with Crippen LogP contribution in [0.5, 0.6) is 0 Å². The zero-order chi connectivity index (χ0) is 15.1. The SMILES string of the molecule is C=C(Br)CNC(=O)NCc1cccc(Cn2cncn2)c1. The molecule has 0 aliphatic heterocycles. The van der Waals surface area contributed by atoms with Crippen LogP contribution in [0.3, 0.4) is 0 Å². The fourth-order valence-corrected chi connectivity index (χ4v) is 1.90. The second-order valence-electron chi connectivity index (χ2n) is 4.47. The number of rotatable bonds is 6. The molecule has 2 rings (SSSR count). The topological polar surface area (TPSA) is 71.8 Å². The molecule has 6 nitrogen and oxygen atoms in total. The highest BCUT2D eigenvalue weighted by Crippen LogP contribution is 2.06. The Kier molecular flexibility index (Phi) is 5.51. The standard InChI is InChI=1S/C14H16BrN5O/c1-11(15)6-17-14(21)18-7-12-3-2-4-13(5-12)8-20-10-16-9-19-20/h2-5,9-10H,1,6-8H2,(H2,17,18,21). The van der Waals surface area contributed by atoms with E-state index in [4.69, 9.17) is 0 Å². The number of urea groups is 1. The van der Waals surface area contributed by atoms with Gasteiger partial charge in [-0.1, -0.05) is 46.8 Å². The molecule has 1 heterocycles. The Morgan fingerprint density at radius 1 is 1.33 bits per heavy atom. The van der Waals surface area contributed by atoms with Gasteiger partial charge in [0.1, 0.15) is 12.7 Å². The van der Waals surface area contributed by atoms with Gasteiger partial charge in [0.05, 0.1) is 13.1 Å². The Balaban J connectivity index is 1.86. The van der Waals surface area contributed by atoms with Crippen molar-refractivity contribution in [3.05, 3.63) is 59.1 Å². The number of nitrogens with zero attached hydrogens (tertiary/aromatic N) is 3. The van der Waals surface area contributed by atoms with Crippen molar-refractivity contribution in [3.8, 4) is 0 Å². The summed E-state index contributed by atoms with van der Waals surface area (Å²) in [5, 5.41) is 9.55. The summed E-state index contributed by atoms with van der Waals surface area (Å²) in [6, 6.07) is 7.75. The largest absolute Gasteiger partial charge is 0.334 e. The molecule has 1 aromatic heterocycles. The molecular weight excluding hydrogens is 334 g/mol. The molecule has 110 valence electrons. The van der Waals surface area contributed by atoms with Crippen LogP contribution in [-0.4, -0.2) is 27.3 Å². The van der Waals surface area contributed by atoms with Crippen molar-refractivity contribution < 1.29 is 4.79 Å². The first-order valence-corrected chi connectivity index (χ1v) is 7.18. The Hall–Kier alpha value is -2.15. The van der Waals surface area contributed by atoms with E-state index in [0.717, 1.165) is 15.6 Å². The molecule has 0 unspecified atom stereocenters. The predicted octanol–water partition coefficient (Wildman–Crippen LogP) is 2.03. The van der Waals surface area contributed by atoms with Crippen molar-refractivity contribution in [3.63, 3.8) is 0 Å². The zero-order valence-corrected chi connectivity index (χ0v) is 13.0. The molecule has 21 heavy (non-hydrogen) atoms. The molecule has 1 aromatic carbocycles. The summed E-state index contributed by atoms with van der Waals surface area (Å²) >= 11 is 3.19. The second kappa shape index (κ2) is 7.58. The van der Waals surface area contributed by atoms with Crippen molar-refractivity contribution in [1.29, 1.82) is 0 Å². The van der Waals surface area contributed by atoms with Crippen LogP contribution in [-0.2, 0) is 13.1 Å². The molecule has 0 saturated heterocycles. The van der Waals surface area contributed by atoms with Crippen LogP contribution >= 0.6 is 15.9 Å². The van der Waals surface area contributed by atoms with Gasteiger partial charge >= 0.3 is 6.03 Å². The van der Waals surface area contributed by atoms with E-state index in [-0.39, 0.29) is 6.03 Å². The van der Waals surface area contributed by atoms with E-state index < -0.39 is 0 Å². The predicted molar refractivity (Wildman–Crippen MR) is 83.9 cm³/mol. The molecule has 0 atom stereocenters. The average Bonchev–Trinajstić information content (AvgIpc) is 2.96. The molecule has 2 amide bonds. The Morgan fingerprint density at radius 3 is 2.86 bits per heavy atom. The van der Waals surface area contributed by atoms with Crippen molar-refractivity contribution in [1.82, 2.24) is 25.4 Å². The molecule has 0 spiro atoms. The van der Waals surface area contributed by atoms with Crippen LogP contribution in [0.15, 0.2) is 48.0 Å². The van der Waals surface area contributed by atoms with E-state index in [0.29, 0.717) is 19.6 Å². The fraction of sp³-hybridized carbons (Fsp3) is 0.214. The van der Waals surface area contributed by atoms with Crippen LogP contribution in [0.25, 0.3) is 0 Å². The van der Waals surface area contributed by atoms with Crippen LogP contribution in [0.1, 0.15) is 11.1 Å². The van der Waals surface area contributed by atoms with E-state index in [1.54, 1.807) is 11.0 Å². The van der Waals surface area contributed by atoms with Crippen molar-refractivity contribution >= 4 is 22.0 Å². The molecule has 7 heteroatoms. The number of hydrogen-bond acceptors (Lipinski definition) is 3. The number of carbonyl (C=O) groups is 1. The minimum absolute atomic E-state index is 0.225. The van der Waals surface area contributed by atoms with Crippen molar-refractivity contribution in [2.75, 3.05) is 6.54 Å². The highest BCUT2D eigenvalue weighted by atomic mass is 79.9. The number of halogens is 1. The monoisotopic (exact) mass is 349 g/mol. The Bertz CT molecular complexity index is 612. The van der Waals surface area contributed by atoms with Gasteiger partial charge in [0.2, 0.25) is 0 Å². The first kappa shape index (κ1) is 15.2. The van der Waals surface area contributed by atoms with Crippen LogP contribution in [0.2, 0.25) is 0 Å². The summed E-state index contributed by atoms with van der Waals surface area (Å²) in [5.74, 6) is 0. The maximum Gasteiger partial charge on any atom is 0.315 e. The Labute approximate surface area is 131 Å². The fourth-order valence-electron chi connectivity index (χ4n) is 1.76. The van der Waals surface area contributed by atoms with Crippen molar-refractivity contribution in [2.45, 2.75) is 13.1 Å². The lowest BCUT2D eigenvalue weighted by Gasteiger charge is -2.08. The van der Waals surface area contributed by atoms with Gasteiger partial charge < -0.3 is 10.6 Å². The van der Waals surface area contributed by atoms with Gasteiger partial charge in [-0.2, -0.15) is 5.10 Å². The summed E-state index contributed by atoms with van der Waals surface area (Å²) in [7, 11) is 0. The third kappa shape index (κ3) is 5.39. The molecule has 0 aliphatic rings. The van der Waals surface area contributed by atoms with E-state index in [9.17, 15) is 4.79 Å². The molecule has 2 N–H and O–H groups in total. The second-order valence-corrected chi connectivity index (χ2v) is 5.59. The van der Waals surface area contributed by atoms with Gasteiger partial charge in [0.15, 0.2) is 0 Å². The van der Waals surface area contributed by atoms with Gasteiger partial charge in [-0.25, -0.2) is 14.5 Å². The Morgan fingerprint density at radius 2 is 2.14 bits per heavy atom. The number of aromatic nitrogens is 3. The lowest BCUT2D eigenvalue weighted by atomic mass is 10.1. The zero-order valence-electron chi connectivity index (χ0n) is 11.4. The number of benzene rings is 1. The normalized spacial score (nSPS) is 10.1. The molecule has 0 fully saturated rings. The summed E-state index contributed by atoms with van der Waals surface area (Å²) in [5.41, 5.74) is 2.13. The third-order valence-corrected chi connectivity index (χ3v) is 2.98. The third-order valence-electron chi connectivity index (χ3n) is 2.70. The number of amides is 2. The molecule has 0 bridgehead atoms. The molecule has 0 radical (unpaired) electrons. The molecule has 2 aromatic rings. The number of carbonyl (C=O) groups excluding carboxylic acids is 1. The minimum atomic E-state index is -0.225. The maximum atomic E-state index is 11.6. The van der Waals surface area contributed by atoms with E-state index in [2.05, 4.69) is 43.2 Å². The van der Waals surface area contributed by atoms with Gasteiger partial charge in [-0.3, -0.25) is 0 Å². The van der Waals surface area contributed by atoms with E-state index >= 15 is 0 Å². The quantitative estimate of drug-likeness (QED) is 0.838. The first-order chi connectivity index (χ1) is 10.1.